The van der Waals surface area contributed by atoms with E-state index in [1.54, 1.807) is 0 Å². The summed E-state index contributed by atoms with van der Waals surface area (Å²) in [5.74, 6) is 0.594. The zero-order chi connectivity index (χ0) is 11.1. The summed E-state index contributed by atoms with van der Waals surface area (Å²) in [5, 5.41) is 3.35. The lowest BCUT2D eigenvalue weighted by molar-refractivity contribution is -0.134. The number of nitrogens with zero attached hydrogens (tertiary/aromatic N) is 1. The summed E-state index contributed by atoms with van der Waals surface area (Å²) in [6.07, 6.45) is 2.16. The molecule has 2 atom stereocenters. The lowest BCUT2D eigenvalue weighted by atomic mass is 9.93. The van der Waals surface area contributed by atoms with Gasteiger partial charge in [-0.1, -0.05) is 13.8 Å². The topological polar surface area (TPSA) is 32.3 Å². The second-order valence-corrected chi connectivity index (χ2v) is 5.81. The molecule has 0 bridgehead atoms. The van der Waals surface area contributed by atoms with E-state index < -0.39 is 0 Å². The first-order valence-corrected chi connectivity index (χ1v) is 6.02. The van der Waals surface area contributed by atoms with Crippen molar-refractivity contribution in [3.63, 3.8) is 0 Å². The van der Waals surface area contributed by atoms with Gasteiger partial charge >= 0.3 is 0 Å². The minimum Gasteiger partial charge on any atom is -0.342 e. The van der Waals surface area contributed by atoms with Crippen LogP contribution in [0, 0.1) is 11.3 Å². The molecule has 3 heteroatoms. The number of carbonyl (C=O) groups is 1. The molecule has 2 rings (SSSR count). The van der Waals surface area contributed by atoms with Crippen molar-refractivity contribution in [2.45, 2.75) is 39.7 Å². The molecule has 1 N–H and O–H groups in total. The van der Waals surface area contributed by atoms with E-state index in [0.29, 0.717) is 17.4 Å². The van der Waals surface area contributed by atoms with Crippen LogP contribution in [0.1, 0.15) is 33.6 Å². The molecule has 3 nitrogen and oxygen atoms in total. The first-order chi connectivity index (χ1) is 6.99. The van der Waals surface area contributed by atoms with Crippen molar-refractivity contribution in [2.75, 3.05) is 19.6 Å². The van der Waals surface area contributed by atoms with E-state index in [2.05, 4.69) is 31.0 Å². The first kappa shape index (κ1) is 10.9. The zero-order valence-corrected chi connectivity index (χ0v) is 10.0. The highest BCUT2D eigenvalue weighted by molar-refractivity contribution is 5.80. The SMILES string of the molecule is CC1NCCC1C(=O)N1CCC(C)(C)C1. The van der Waals surface area contributed by atoms with Crippen molar-refractivity contribution in [2.24, 2.45) is 11.3 Å². The summed E-state index contributed by atoms with van der Waals surface area (Å²) in [6.45, 7) is 9.50. The van der Waals surface area contributed by atoms with Crippen molar-refractivity contribution in [3.8, 4) is 0 Å². The molecule has 0 aliphatic carbocycles. The van der Waals surface area contributed by atoms with Crippen LogP contribution in [0.4, 0.5) is 0 Å². The smallest absolute Gasteiger partial charge is 0.227 e. The molecule has 1 amide bonds. The molecule has 2 heterocycles. The van der Waals surface area contributed by atoms with E-state index in [1.165, 1.54) is 0 Å². The summed E-state index contributed by atoms with van der Waals surface area (Å²) in [6, 6.07) is 0.362. The molecular formula is C12H22N2O. The van der Waals surface area contributed by atoms with Gasteiger partial charge in [0.05, 0.1) is 5.92 Å². The van der Waals surface area contributed by atoms with Gasteiger partial charge in [0.15, 0.2) is 0 Å². The molecule has 2 aliphatic heterocycles. The molecule has 2 aliphatic rings. The molecule has 2 fully saturated rings. The van der Waals surface area contributed by atoms with E-state index in [1.807, 2.05) is 0 Å². The van der Waals surface area contributed by atoms with Gasteiger partial charge < -0.3 is 10.2 Å². The van der Waals surface area contributed by atoms with Crippen molar-refractivity contribution < 1.29 is 4.79 Å². The third-order valence-electron chi connectivity index (χ3n) is 3.83. The number of hydrogen-bond acceptors (Lipinski definition) is 2. The first-order valence-electron chi connectivity index (χ1n) is 6.02. The molecule has 0 aromatic rings. The van der Waals surface area contributed by atoms with E-state index >= 15 is 0 Å². The summed E-state index contributed by atoms with van der Waals surface area (Å²) in [4.78, 5) is 14.3. The standard InChI is InChI=1S/C12H22N2O/c1-9-10(4-6-13-9)11(15)14-7-5-12(2,3)8-14/h9-10,13H,4-8H2,1-3H3. The lowest BCUT2D eigenvalue weighted by Crippen LogP contribution is -2.39. The maximum atomic E-state index is 12.2. The Balaban J connectivity index is 1.97. The highest BCUT2D eigenvalue weighted by Gasteiger charge is 2.38. The molecule has 2 unspecified atom stereocenters. The fraction of sp³-hybridized carbons (Fsp3) is 0.917. The number of rotatable bonds is 1. The Labute approximate surface area is 92.2 Å². The van der Waals surface area contributed by atoms with Crippen LogP contribution in [-0.4, -0.2) is 36.5 Å². The summed E-state index contributed by atoms with van der Waals surface area (Å²) >= 11 is 0. The minimum absolute atomic E-state index is 0.221. The monoisotopic (exact) mass is 210 g/mol. The third-order valence-corrected chi connectivity index (χ3v) is 3.83. The number of hydrogen-bond donors (Lipinski definition) is 1. The average Bonchev–Trinajstić information content (AvgIpc) is 2.71. The Bertz CT molecular complexity index is 262. The molecule has 0 saturated carbocycles. The predicted molar refractivity (Wildman–Crippen MR) is 60.5 cm³/mol. The van der Waals surface area contributed by atoms with Crippen molar-refractivity contribution >= 4 is 5.91 Å². The van der Waals surface area contributed by atoms with Crippen molar-refractivity contribution in [1.29, 1.82) is 0 Å². The molecular weight excluding hydrogens is 188 g/mol. The molecule has 0 spiro atoms. The van der Waals surface area contributed by atoms with Crippen LogP contribution in [0.3, 0.4) is 0 Å². The quantitative estimate of drug-likeness (QED) is 0.706. The van der Waals surface area contributed by atoms with Crippen LogP contribution in [0.2, 0.25) is 0 Å². The Morgan fingerprint density at radius 2 is 2.20 bits per heavy atom. The third kappa shape index (κ3) is 2.17. The number of amides is 1. The van der Waals surface area contributed by atoms with Crippen LogP contribution in [0.5, 0.6) is 0 Å². The second kappa shape index (κ2) is 3.78. The van der Waals surface area contributed by atoms with Gasteiger partial charge in [-0.15, -0.1) is 0 Å². The van der Waals surface area contributed by atoms with E-state index in [9.17, 15) is 4.79 Å². The van der Waals surface area contributed by atoms with Gasteiger partial charge in [0.25, 0.3) is 0 Å². The maximum absolute atomic E-state index is 12.2. The number of nitrogens with one attached hydrogen (secondary N) is 1. The van der Waals surface area contributed by atoms with Crippen LogP contribution < -0.4 is 5.32 Å². The molecule has 0 aromatic carbocycles. The van der Waals surface area contributed by atoms with Gasteiger partial charge in [-0.25, -0.2) is 0 Å². The molecule has 0 radical (unpaired) electrons. The number of carbonyl (C=O) groups excluding carboxylic acids is 1. The van der Waals surface area contributed by atoms with Crippen molar-refractivity contribution in [1.82, 2.24) is 10.2 Å². The summed E-state index contributed by atoms with van der Waals surface area (Å²) in [7, 11) is 0. The fourth-order valence-electron chi connectivity index (χ4n) is 2.73. The van der Waals surface area contributed by atoms with Gasteiger partial charge in [0.2, 0.25) is 5.91 Å². The predicted octanol–water partition coefficient (Wildman–Crippen LogP) is 1.24. The van der Waals surface area contributed by atoms with E-state index in [-0.39, 0.29) is 5.92 Å². The van der Waals surface area contributed by atoms with Crippen LogP contribution in [0.25, 0.3) is 0 Å². The Morgan fingerprint density at radius 1 is 1.47 bits per heavy atom. The molecule has 0 aromatic heterocycles. The highest BCUT2D eigenvalue weighted by atomic mass is 16.2. The average molecular weight is 210 g/mol. The summed E-state index contributed by atoms with van der Waals surface area (Å²) in [5.41, 5.74) is 0.324. The molecule has 15 heavy (non-hydrogen) atoms. The van der Waals surface area contributed by atoms with Gasteiger partial charge in [-0.3, -0.25) is 4.79 Å². The normalized spacial score (nSPS) is 34.7. The fourth-order valence-corrected chi connectivity index (χ4v) is 2.73. The Kier molecular flexibility index (Phi) is 2.75. The van der Waals surface area contributed by atoms with Crippen molar-refractivity contribution in [3.05, 3.63) is 0 Å². The second-order valence-electron chi connectivity index (χ2n) is 5.81. The zero-order valence-electron chi connectivity index (χ0n) is 10.0. The van der Waals surface area contributed by atoms with Crippen LogP contribution in [0.15, 0.2) is 0 Å². The maximum Gasteiger partial charge on any atom is 0.227 e. The number of likely N-dealkylation sites (tertiary alicyclic amines) is 1. The molecule has 86 valence electrons. The van der Waals surface area contributed by atoms with E-state index in [4.69, 9.17) is 0 Å². The van der Waals surface area contributed by atoms with Gasteiger partial charge in [0, 0.05) is 19.1 Å². The lowest BCUT2D eigenvalue weighted by Gasteiger charge is -2.24. The Hall–Kier alpha value is -0.570. The summed E-state index contributed by atoms with van der Waals surface area (Å²) < 4.78 is 0. The van der Waals surface area contributed by atoms with Gasteiger partial charge in [-0.2, -0.15) is 0 Å². The Morgan fingerprint density at radius 3 is 2.67 bits per heavy atom. The van der Waals surface area contributed by atoms with Gasteiger partial charge in [0.1, 0.15) is 0 Å². The van der Waals surface area contributed by atoms with Crippen LogP contribution in [-0.2, 0) is 4.79 Å². The molecule has 2 saturated heterocycles. The van der Waals surface area contributed by atoms with Crippen LogP contribution >= 0.6 is 0 Å². The minimum atomic E-state index is 0.221. The van der Waals surface area contributed by atoms with E-state index in [0.717, 1.165) is 32.5 Å². The largest absolute Gasteiger partial charge is 0.342 e. The highest BCUT2D eigenvalue weighted by Crippen LogP contribution is 2.31. The van der Waals surface area contributed by atoms with Gasteiger partial charge in [-0.05, 0) is 31.7 Å².